The van der Waals surface area contributed by atoms with Crippen LogP contribution in [0.15, 0.2) is 11.2 Å². The van der Waals surface area contributed by atoms with Gasteiger partial charge in [0.25, 0.3) is 10.0 Å². The summed E-state index contributed by atoms with van der Waals surface area (Å²) in [5, 5.41) is 14.5. The van der Waals surface area contributed by atoms with E-state index in [2.05, 4.69) is 14.9 Å². The number of aromatic amines is 1. The topological polar surface area (TPSA) is 121 Å². The van der Waals surface area contributed by atoms with Gasteiger partial charge < -0.3 is 9.84 Å². The Morgan fingerprint density at radius 3 is 2.74 bits per heavy atom. The van der Waals surface area contributed by atoms with Gasteiger partial charge in [0.2, 0.25) is 0 Å². The molecule has 1 rings (SSSR count). The molecule has 0 atom stereocenters. The maximum Gasteiger partial charge on any atom is 0.342 e. The molecule has 0 saturated heterocycles. The average Bonchev–Trinajstić information content (AvgIpc) is 2.77. The predicted octanol–water partition coefficient (Wildman–Crippen LogP) is -0.364. The number of hydrogen-bond acceptors (Lipinski definition) is 6. The number of hydrogen-bond donors (Lipinski definition) is 3. The molecule has 0 aliphatic rings. The number of carbonyl (C=O) groups is 1. The number of rotatable bonds is 6. The van der Waals surface area contributed by atoms with Crippen LogP contribution in [0, 0.1) is 0 Å². The minimum Gasteiger partial charge on any atom is -0.462 e. The molecule has 0 bridgehead atoms. The predicted molar refractivity (Wildman–Crippen MR) is 66.0 cm³/mol. The molecule has 0 aromatic carbocycles. The van der Waals surface area contributed by atoms with E-state index in [0.717, 1.165) is 6.20 Å². The van der Waals surface area contributed by atoms with Crippen molar-refractivity contribution in [2.45, 2.75) is 31.3 Å². The third-order valence-electron chi connectivity index (χ3n) is 2.17. The van der Waals surface area contributed by atoms with Crippen LogP contribution in [0.3, 0.4) is 0 Å². The normalized spacial score (nSPS) is 12.4. The fourth-order valence-electron chi connectivity index (χ4n) is 1.28. The Balaban J connectivity index is 3.10. The second-order valence-corrected chi connectivity index (χ2v) is 6.10. The van der Waals surface area contributed by atoms with E-state index in [1.807, 2.05) is 0 Å². The molecule has 1 heterocycles. The third kappa shape index (κ3) is 3.75. The SMILES string of the molecule is CCOC(=O)c1cn[nH]c1S(=O)(=O)NC(C)(C)CO. The van der Waals surface area contributed by atoms with Gasteiger partial charge in [0.05, 0.1) is 24.9 Å². The van der Waals surface area contributed by atoms with Crippen molar-refractivity contribution in [1.82, 2.24) is 14.9 Å². The Morgan fingerprint density at radius 2 is 2.21 bits per heavy atom. The molecule has 0 saturated carbocycles. The highest BCUT2D eigenvalue weighted by Crippen LogP contribution is 2.15. The molecule has 19 heavy (non-hydrogen) atoms. The molecular weight excluding hydrogens is 274 g/mol. The van der Waals surface area contributed by atoms with Crippen LogP contribution in [-0.2, 0) is 14.8 Å². The van der Waals surface area contributed by atoms with Crippen molar-refractivity contribution in [3.8, 4) is 0 Å². The second kappa shape index (κ2) is 5.68. The zero-order valence-corrected chi connectivity index (χ0v) is 11.7. The highest BCUT2D eigenvalue weighted by Gasteiger charge is 2.31. The number of esters is 1. The van der Waals surface area contributed by atoms with E-state index in [-0.39, 0.29) is 17.2 Å². The first-order valence-electron chi connectivity index (χ1n) is 5.59. The van der Waals surface area contributed by atoms with Crippen molar-refractivity contribution in [2.24, 2.45) is 0 Å². The van der Waals surface area contributed by atoms with Crippen molar-refractivity contribution >= 4 is 16.0 Å². The molecule has 0 spiro atoms. The van der Waals surface area contributed by atoms with Crippen LogP contribution in [0.5, 0.6) is 0 Å². The quantitative estimate of drug-likeness (QED) is 0.615. The van der Waals surface area contributed by atoms with Gasteiger partial charge in [-0.3, -0.25) is 5.10 Å². The van der Waals surface area contributed by atoms with E-state index in [0.29, 0.717) is 0 Å². The van der Waals surface area contributed by atoms with Crippen LogP contribution in [0.25, 0.3) is 0 Å². The number of nitrogens with zero attached hydrogens (tertiary/aromatic N) is 1. The minimum absolute atomic E-state index is 0.124. The minimum atomic E-state index is -4.01. The van der Waals surface area contributed by atoms with Crippen molar-refractivity contribution in [2.75, 3.05) is 13.2 Å². The molecule has 0 unspecified atom stereocenters. The van der Waals surface area contributed by atoms with Gasteiger partial charge in [0, 0.05) is 0 Å². The van der Waals surface area contributed by atoms with Gasteiger partial charge in [0.1, 0.15) is 5.56 Å². The number of aromatic nitrogens is 2. The summed E-state index contributed by atoms with van der Waals surface area (Å²) in [7, 11) is -4.01. The number of sulfonamides is 1. The zero-order chi connectivity index (χ0) is 14.7. The summed E-state index contributed by atoms with van der Waals surface area (Å²) < 4.78 is 31.2. The van der Waals surface area contributed by atoms with E-state index in [4.69, 9.17) is 9.84 Å². The smallest absolute Gasteiger partial charge is 0.342 e. The average molecular weight is 291 g/mol. The van der Waals surface area contributed by atoms with Gasteiger partial charge in [-0.05, 0) is 20.8 Å². The molecule has 0 amide bonds. The molecule has 1 aromatic rings. The van der Waals surface area contributed by atoms with Gasteiger partial charge in [-0.1, -0.05) is 0 Å². The van der Waals surface area contributed by atoms with E-state index in [1.165, 1.54) is 13.8 Å². The summed E-state index contributed by atoms with van der Waals surface area (Å²) in [5.41, 5.74) is -1.24. The zero-order valence-electron chi connectivity index (χ0n) is 10.9. The highest BCUT2D eigenvalue weighted by molar-refractivity contribution is 7.89. The fourth-order valence-corrected chi connectivity index (χ4v) is 2.77. The molecule has 108 valence electrons. The van der Waals surface area contributed by atoms with Crippen molar-refractivity contribution in [3.63, 3.8) is 0 Å². The number of H-pyrrole nitrogens is 1. The molecular formula is C10H17N3O5S. The second-order valence-electron chi connectivity index (χ2n) is 4.48. The molecule has 0 aliphatic heterocycles. The number of ether oxygens (including phenoxy) is 1. The number of carbonyl (C=O) groups excluding carboxylic acids is 1. The van der Waals surface area contributed by atoms with E-state index in [1.54, 1.807) is 6.92 Å². The lowest BCUT2D eigenvalue weighted by atomic mass is 10.1. The molecule has 0 fully saturated rings. The van der Waals surface area contributed by atoms with E-state index in [9.17, 15) is 13.2 Å². The summed E-state index contributed by atoms with van der Waals surface area (Å²) in [4.78, 5) is 11.6. The van der Waals surface area contributed by atoms with Gasteiger partial charge in [0.15, 0.2) is 5.03 Å². The molecule has 0 radical (unpaired) electrons. The number of aliphatic hydroxyl groups is 1. The summed E-state index contributed by atoms with van der Waals surface area (Å²) in [5.74, 6) is -0.779. The fraction of sp³-hybridized carbons (Fsp3) is 0.600. The first-order chi connectivity index (χ1) is 8.73. The van der Waals surface area contributed by atoms with E-state index < -0.39 is 28.1 Å². The van der Waals surface area contributed by atoms with Crippen molar-refractivity contribution in [1.29, 1.82) is 0 Å². The number of aliphatic hydroxyl groups excluding tert-OH is 1. The molecule has 9 heteroatoms. The van der Waals surface area contributed by atoms with E-state index >= 15 is 0 Å². The Bertz CT molecular complexity index is 549. The van der Waals surface area contributed by atoms with Gasteiger partial charge >= 0.3 is 5.97 Å². The van der Waals surface area contributed by atoms with Crippen LogP contribution >= 0.6 is 0 Å². The highest BCUT2D eigenvalue weighted by atomic mass is 32.2. The Labute approximate surface area is 111 Å². The van der Waals surface area contributed by atoms with Crippen molar-refractivity contribution < 1.29 is 23.1 Å². The number of nitrogens with one attached hydrogen (secondary N) is 2. The van der Waals surface area contributed by atoms with Crippen LogP contribution < -0.4 is 4.72 Å². The molecule has 0 aliphatic carbocycles. The summed E-state index contributed by atoms with van der Waals surface area (Å²) >= 11 is 0. The first-order valence-corrected chi connectivity index (χ1v) is 7.07. The lowest BCUT2D eigenvalue weighted by Crippen LogP contribution is -2.46. The summed E-state index contributed by atoms with van der Waals surface area (Å²) in [6.45, 7) is 4.35. The van der Waals surface area contributed by atoms with Gasteiger partial charge in [-0.25, -0.2) is 17.9 Å². The van der Waals surface area contributed by atoms with Crippen LogP contribution in [-0.4, -0.2) is 48.4 Å². The molecule has 3 N–H and O–H groups in total. The molecule has 8 nitrogen and oxygen atoms in total. The monoisotopic (exact) mass is 291 g/mol. The largest absolute Gasteiger partial charge is 0.462 e. The Kier molecular flexibility index (Phi) is 4.66. The van der Waals surface area contributed by atoms with Crippen LogP contribution in [0.4, 0.5) is 0 Å². The maximum atomic E-state index is 12.1. The summed E-state index contributed by atoms with van der Waals surface area (Å²) in [6, 6.07) is 0. The van der Waals surface area contributed by atoms with Crippen LogP contribution in [0.2, 0.25) is 0 Å². The Morgan fingerprint density at radius 1 is 1.58 bits per heavy atom. The van der Waals surface area contributed by atoms with Gasteiger partial charge in [-0.2, -0.15) is 5.10 Å². The lowest BCUT2D eigenvalue weighted by Gasteiger charge is -2.22. The first kappa shape index (κ1) is 15.6. The summed E-state index contributed by atoms with van der Waals surface area (Å²) in [6.07, 6.45) is 1.08. The maximum absolute atomic E-state index is 12.1. The van der Waals surface area contributed by atoms with Gasteiger partial charge in [-0.15, -0.1) is 0 Å². The molecule has 1 aromatic heterocycles. The standard InChI is InChI=1S/C10H17N3O5S/c1-4-18-9(15)7-5-11-12-8(7)19(16,17)13-10(2,3)6-14/h5,13-14H,4,6H2,1-3H3,(H,11,12). The van der Waals surface area contributed by atoms with Crippen LogP contribution in [0.1, 0.15) is 31.1 Å². The third-order valence-corrected chi connectivity index (χ3v) is 3.84. The van der Waals surface area contributed by atoms with Crippen molar-refractivity contribution in [3.05, 3.63) is 11.8 Å². The lowest BCUT2D eigenvalue weighted by molar-refractivity contribution is 0.0521. The Hall–Kier alpha value is -1.45.